The SMILES string of the molecule is CCc1[nH]ncc1C(=O)N1CCC(C2(C)CN(c3ccc(F)cc3)C(=O)O2)CC1. The number of H-pyrrole nitrogens is 1. The van der Waals surface area contributed by atoms with E-state index in [1.54, 1.807) is 23.2 Å². The topological polar surface area (TPSA) is 78.5 Å². The summed E-state index contributed by atoms with van der Waals surface area (Å²) in [5.41, 5.74) is 1.47. The molecule has 2 aliphatic heterocycles. The molecule has 3 heterocycles. The molecule has 0 spiro atoms. The predicted octanol–water partition coefficient (Wildman–Crippen LogP) is 3.38. The Hall–Kier alpha value is -2.90. The molecule has 29 heavy (non-hydrogen) atoms. The van der Waals surface area contributed by atoms with Crippen LogP contribution < -0.4 is 4.90 Å². The lowest BCUT2D eigenvalue weighted by Gasteiger charge is -2.39. The van der Waals surface area contributed by atoms with Crippen molar-refractivity contribution in [3.63, 3.8) is 0 Å². The minimum Gasteiger partial charge on any atom is -0.441 e. The van der Waals surface area contributed by atoms with Crippen molar-refractivity contribution < 1.29 is 18.7 Å². The number of amides is 2. The van der Waals surface area contributed by atoms with Gasteiger partial charge in [-0.2, -0.15) is 5.10 Å². The number of anilines is 1. The molecule has 0 saturated carbocycles. The summed E-state index contributed by atoms with van der Waals surface area (Å²) in [6.07, 6.45) is 3.42. The lowest BCUT2D eigenvalue weighted by atomic mass is 9.81. The molecule has 1 atom stereocenters. The number of nitrogens with zero attached hydrogens (tertiary/aromatic N) is 3. The van der Waals surface area contributed by atoms with Gasteiger partial charge in [-0.15, -0.1) is 0 Å². The van der Waals surface area contributed by atoms with Gasteiger partial charge in [-0.1, -0.05) is 6.92 Å². The quantitative estimate of drug-likeness (QED) is 0.853. The fraction of sp³-hybridized carbons (Fsp3) is 0.476. The third-order valence-corrected chi connectivity index (χ3v) is 6.10. The van der Waals surface area contributed by atoms with E-state index >= 15 is 0 Å². The van der Waals surface area contributed by atoms with Crippen LogP contribution in [-0.2, 0) is 11.2 Å². The number of benzene rings is 1. The maximum absolute atomic E-state index is 13.2. The van der Waals surface area contributed by atoms with E-state index in [-0.39, 0.29) is 17.6 Å². The molecule has 2 aromatic rings. The normalized spacial score (nSPS) is 22.8. The van der Waals surface area contributed by atoms with Gasteiger partial charge in [0, 0.05) is 30.4 Å². The zero-order chi connectivity index (χ0) is 20.6. The minimum absolute atomic E-state index is 0.00411. The number of carbonyl (C=O) groups excluding carboxylic acids is 2. The van der Waals surface area contributed by atoms with Crippen LogP contribution in [0.1, 0.15) is 42.7 Å². The van der Waals surface area contributed by atoms with Crippen LogP contribution in [0.5, 0.6) is 0 Å². The number of ether oxygens (including phenoxy) is 1. The maximum atomic E-state index is 13.2. The molecule has 8 heteroatoms. The van der Waals surface area contributed by atoms with Crippen LogP contribution in [0.4, 0.5) is 14.9 Å². The lowest BCUT2D eigenvalue weighted by molar-refractivity contribution is -0.00453. The number of piperidine rings is 1. The highest BCUT2D eigenvalue weighted by atomic mass is 19.1. The molecule has 2 amide bonds. The lowest BCUT2D eigenvalue weighted by Crippen LogP contribution is -2.47. The first kappa shape index (κ1) is 19.4. The molecule has 2 aliphatic rings. The van der Waals surface area contributed by atoms with Gasteiger partial charge in [0.2, 0.25) is 0 Å². The Morgan fingerprint density at radius 2 is 2.00 bits per heavy atom. The van der Waals surface area contributed by atoms with Gasteiger partial charge in [-0.3, -0.25) is 14.8 Å². The van der Waals surface area contributed by atoms with E-state index in [9.17, 15) is 14.0 Å². The number of cyclic esters (lactones) is 1. The first-order valence-electron chi connectivity index (χ1n) is 9.99. The van der Waals surface area contributed by atoms with Gasteiger partial charge in [-0.05, 0) is 50.5 Å². The highest BCUT2D eigenvalue weighted by Crippen LogP contribution is 2.38. The molecule has 1 unspecified atom stereocenters. The molecule has 0 radical (unpaired) electrons. The smallest absolute Gasteiger partial charge is 0.415 e. The molecular formula is C21H25FN4O3. The van der Waals surface area contributed by atoms with E-state index in [0.29, 0.717) is 30.9 Å². The number of halogens is 1. The van der Waals surface area contributed by atoms with Crippen molar-refractivity contribution in [3.05, 3.63) is 47.5 Å². The molecule has 2 fully saturated rings. The first-order chi connectivity index (χ1) is 13.9. The molecule has 7 nitrogen and oxygen atoms in total. The van der Waals surface area contributed by atoms with Crippen molar-refractivity contribution in [3.8, 4) is 0 Å². The third-order valence-electron chi connectivity index (χ3n) is 6.10. The van der Waals surface area contributed by atoms with Crippen molar-refractivity contribution in [2.24, 2.45) is 5.92 Å². The Morgan fingerprint density at radius 3 is 2.66 bits per heavy atom. The largest absolute Gasteiger partial charge is 0.441 e. The molecule has 1 aromatic carbocycles. The fourth-order valence-electron chi connectivity index (χ4n) is 4.33. The maximum Gasteiger partial charge on any atom is 0.415 e. The summed E-state index contributed by atoms with van der Waals surface area (Å²) >= 11 is 0. The summed E-state index contributed by atoms with van der Waals surface area (Å²) in [4.78, 5) is 28.7. The Kier molecular flexibility index (Phi) is 5.02. The van der Waals surface area contributed by atoms with Gasteiger partial charge in [0.1, 0.15) is 11.4 Å². The average molecular weight is 400 g/mol. The van der Waals surface area contributed by atoms with Gasteiger partial charge in [0.15, 0.2) is 0 Å². The van der Waals surface area contributed by atoms with Crippen molar-refractivity contribution in [2.45, 2.75) is 38.7 Å². The number of aromatic amines is 1. The second kappa shape index (κ2) is 7.50. The van der Waals surface area contributed by atoms with Crippen LogP contribution in [-0.4, -0.2) is 52.3 Å². The second-order valence-corrected chi connectivity index (χ2v) is 7.93. The van der Waals surface area contributed by atoms with E-state index < -0.39 is 11.7 Å². The highest BCUT2D eigenvalue weighted by Gasteiger charge is 2.48. The van der Waals surface area contributed by atoms with Crippen molar-refractivity contribution in [1.82, 2.24) is 15.1 Å². The number of likely N-dealkylation sites (tertiary alicyclic amines) is 1. The van der Waals surface area contributed by atoms with Gasteiger partial charge >= 0.3 is 6.09 Å². The average Bonchev–Trinajstić information content (AvgIpc) is 3.33. The number of nitrogens with one attached hydrogen (secondary N) is 1. The number of aryl methyl sites for hydroxylation is 1. The molecular weight excluding hydrogens is 375 g/mol. The molecule has 0 bridgehead atoms. The molecule has 154 valence electrons. The summed E-state index contributed by atoms with van der Waals surface area (Å²) in [5, 5.41) is 6.87. The molecule has 0 aliphatic carbocycles. The fourth-order valence-corrected chi connectivity index (χ4v) is 4.33. The van der Waals surface area contributed by atoms with Gasteiger partial charge in [-0.25, -0.2) is 9.18 Å². The Bertz CT molecular complexity index is 905. The summed E-state index contributed by atoms with van der Waals surface area (Å²) in [7, 11) is 0. The Labute approximate surface area is 168 Å². The van der Waals surface area contributed by atoms with Gasteiger partial charge < -0.3 is 9.64 Å². The highest BCUT2D eigenvalue weighted by molar-refractivity contribution is 5.95. The van der Waals surface area contributed by atoms with Crippen LogP contribution in [0.3, 0.4) is 0 Å². The first-order valence-corrected chi connectivity index (χ1v) is 9.99. The van der Waals surface area contributed by atoms with Gasteiger partial charge in [0.25, 0.3) is 5.91 Å². The number of carbonyl (C=O) groups is 2. The van der Waals surface area contributed by atoms with Crippen LogP contribution in [0.2, 0.25) is 0 Å². The summed E-state index contributed by atoms with van der Waals surface area (Å²) < 4.78 is 19.0. The summed E-state index contributed by atoms with van der Waals surface area (Å²) in [5.74, 6) is -0.198. The van der Waals surface area contributed by atoms with Crippen molar-refractivity contribution in [1.29, 1.82) is 0 Å². The Balaban J connectivity index is 1.41. The number of aromatic nitrogens is 2. The zero-order valence-corrected chi connectivity index (χ0v) is 16.7. The van der Waals surface area contributed by atoms with Crippen molar-refractivity contribution >= 4 is 17.7 Å². The standard InChI is InChI=1S/C21H25FN4O3/c1-3-18-17(12-23-24-18)19(27)25-10-8-14(9-11-25)21(2)13-26(20(28)29-21)16-6-4-15(22)5-7-16/h4-7,12,14H,3,8-11,13H2,1-2H3,(H,23,24). The third kappa shape index (κ3) is 3.59. The van der Waals surface area contributed by atoms with Gasteiger partial charge in [0.05, 0.1) is 18.3 Å². The zero-order valence-electron chi connectivity index (χ0n) is 16.7. The van der Waals surface area contributed by atoms with E-state index in [0.717, 1.165) is 25.0 Å². The van der Waals surface area contributed by atoms with Crippen molar-refractivity contribution in [2.75, 3.05) is 24.5 Å². The number of rotatable bonds is 4. The minimum atomic E-state index is -0.634. The summed E-state index contributed by atoms with van der Waals surface area (Å²) in [6, 6.07) is 5.84. The predicted molar refractivity (Wildman–Crippen MR) is 105 cm³/mol. The Morgan fingerprint density at radius 1 is 1.31 bits per heavy atom. The number of hydrogen-bond acceptors (Lipinski definition) is 4. The van der Waals surface area contributed by atoms with E-state index in [4.69, 9.17) is 4.74 Å². The van der Waals surface area contributed by atoms with E-state index in [2.05, 4.69) is 10.2 Å². The van der Waals surface area contributed by atoms with Crippen LogP contribution in [0, 0.1) is 11.7 Å². The van der Waals surface area contributed by atoms with E-state index in [1.807, 2.05) is 18.7 Å². The molecule has 1 aromatic heterocycles. The van der Waals surface area contributed by atoms with Crippen LogP contribution >= 0.6 is 0 Å². The second-order valence-electron chi connectivity index (χ2n) is 7.93. The van der Waals surface area contributed by atoms with Crippen LogP contribution in [0.15, 0.2) is 30.5 Å². The monoisotopic (exact) mass is 400 g/mol. The summed E-state index contributed by atoms with van der Waals surface area (Å²) in [6.45, 7) is 5.57. The van der Waals surface area contributed by atoms with E-state index in [1.165, 1.54) is 12.1 Å². The molecule has 4 rings (SSSR count). The number of hydrogen-bond donors (Lipinski definition) is 1. The molecule has 1 N–H and O–H groups in total. The molecule has 2 saturated heterocycles. The van der Waals surface area contributed by atoms with Crippen LogP contribution in [0.25, 0.3) is 0 Å².